The smallest absolute Gasteiger partial charge is 0.119 e. The summed E-state index contributed by atoms with van der Waals surface area (Å²) in [5, 5.41) is 0. The SMILES string of the molecule is Cc1ccc(OCCCN)cc1.Cl. The molecule has 1 aromatic rings. The summed E-state index contributed by atoms with van der Waals surface area (Å²) < 4.78 is 5.42. The Bertz CT molecular complexity index is 223. The fraction of sp³-hybridized carbons (Fsp3) is 0.400. The van der Waals surface area contributed by atoms with Crippen LogP contribution in [0, 0.1) is 6.92 Å². The van der Waals surface area contributed by atoms with Crippen LogP contribution in [-0.2, 0) is 0 Å². The van der Waals surface area contributed by atoms with Crippen LogP contribution < -0.4 is 10.5 Å². The molecule has 74 valence electrons. The van der Waals surface area contributed by atoms with E-state index in [1.54, 1.807) is 0 Å². The van der Waals surface area contributed by atoms with Crippen LogP contribution in [0.5, 0.6) is 5.75 Å². The van der Waals surface area contributed by atoms with Crippen LogP contribution in [-0.4, -0.2) is 13.2 Å². The van der Waals surface area contributed by atoms with Gasteiger partial charge in [-0.3, -0.25) is 0 Å². The summed E-state index contributed by atoms with van der Waals surface area (Å²) >= 11 is 0. The zero-order valence-electron chi connectivity index (χ0n) is 7.82. The Balaban J connectivity index is 0.00000144. The third-order valence-corrected chi connectivity index (χ3v) is 1.64. The molecule has 0 radical (unpaired) electrons. The highest BCUT2D eigenvalue weighted by Crippen LogP contribution is 2.11. The largest absolute Gasteiger partial charge is 0.494 e. The lowest BCUT2D eigenvalue weighted by atomic mass is 10.2. The number of hydrogen-bond acceptors (Lipinski definition) is 2. The van der Waals surface area contributed by atoms with Crippen molar-refractivity contribution in [3.8, 4) is 5.75 Å². The summed E-state index contributed by atoms with van der Waals surface area (Å²) in [6.07, 6.45) is 0.911. The average Bonchev–Trinajstić information content (AvgIpc) is 2.09. The van der Waals surface area contributed by atoms with E-state index < -0.39 is 0 Å². The summed E-state index contributed by atoms with van der Waals surface area (Å²) in [7, 11) is 0. The minimum atomic E-state index is 0. The maximum absolute atomic E-state index is 5.42. The second kappa shape index (κ2) is 6.75. The van der Waals surface area contributed by atoms with Crippen LogP contribution in [0.4, 0.5) is 0 Å². The van der Waals surface area contributed by atoms with E-state index in [4.69, 9.17) is 10.5 Å². The molecule has 0 heterocycles. The van der Waals surface area contributed by atoms with Gasteiger partial charge >= 0.3 is 0 Å². The average molecular weight is 202 g/mol. The lowest BCUT2D eigenvalue weighted by molar-refractivity contribution is 0.313. The van der Waals surface area contributed by atoms with Gasteiger partial charge in [-0.15, -0.1) is 12.4 Å². The quantitative estimate of drug-likeness (QED) is 0.758. The molecule has 0 aliphatic carbocycles. The van der Waals surface area contributed by atoms with Gasteiger partial charge in [0.05, 0.1) is 6.61 Å². The molecule has 3 heteroatoms. The van der Waals surface area contributed by atoms with Crippen molar-refractivity contribution >= 4 is 12.4 Å². The number of benzene rings is 1. The van der Waals surface area contributed by atoms with Gasteiger partial charge in [-0.05, 0) is 32.0 Å². The third-order valence-electron chi connectivity index (χ3n) is 1.64. The molecular formula is C10H16ClNO. The lowest BCUT2D eigenvalue weighted by Crippen LogP contribution is -2.05. The first-order valence-electron chi connectivity index (χ1n) is 4.22. The molecule has 0 spiro atoms. The molecule has 0 atom stereocenters. The zero-order valence-corrected chi connectivity index (χ0v) is 8.64. The molecule has 0 fully saturated rings. The fourth-order valence-electron chi connectivity index (χ4n) is 0.908. The van der Waals surface area contributed by atoms with Crippen molar-refractivity contribution in [1.82, 2.24) is 0 Å². The number of nitrogens with two attached hydrogens (primary N) is 1. The maximum atomic E-state index is 5.42. The molecule has 0 amide bonds. The van der Waals surface area contributed by atoms with Crippen LogP contribution >= 0.6 is 12.4 Å². The van der Waals surface area contributed by atoms with Gasteiger partial charge in [-0.25, -0.2) is 0 Å². The molecule has 0 unspecified atom stereocenters. The first-order chi connectivity index (χ1) is 5.83. The van der Waals surface area contributed by atoms with Crippen LogP contribution in [0.25, 0.3) is 0 Å². The van der Waals surface area contributed by atoms with Crippen molar-refractivity contribution in [3.63, 3.8) is 0 Å². The van der Waals surface area contributed by atoms with Gasteiger partial charge in [-0.2, -0.15) is 0 Å². The topological polar surface area (TPSA) is 35.2 Å². The highest BCUT2D eigenvalue weighted by atomic mass is 35.5. The van der Waals surface area contributed by atoms with Crippen LogP contribution in [0.2, 0.25) is 0 Å². The molecule has 0 aromatic heterocycles. The van der Waals surface area contributed by atoms with E-state index in [1.807, 2.05) is 24.3 Å². The summed E-state index contributed by atoms with van der Waals surface area (Å²) in [4.78, 5) is 0. The van der Waals surface area contributed by atoms with Gasteiger partial charge in [0.2, 0.25) is 0 Å². The van der Waals surface area contributed by atoms with E-state index in [1.165, 1.54) is 5.56 Å². The van der Waals surface area contributed by atoms with Crippen LogP contribution in [0.15, 0.2) is 24.3 Å². The van der Waals surface area contributed by atoms with E-state index in [0.717, 1.165) is 12.2 Å². The highest BCUT2D eigenvalue weighted by Gasteiger charge is 1.91. The second-order valence-electron chi connectivity index (χ2n) is 2.80. The maximum Gasteiger partial charge on any atom is 0.119 e. The Kier molecular flexibility index (Phi) is 6.37. The number of halogens is 1. The van der Waals surface area contributed by atoms with Gasteiger partial charge in [0.25, 0.3) is 0 Å². The molecule has 0 saturated carbocycles. The molecular weight excluding hydrogens is 186 g/mol. The van der Waals surface area contributed by atoms with E-state index >= 15 is 0 Å². The monoisotopic (exact) mass is 201 g/mol. The van der Waals surface area contributed by atoms with Crippen molar-refractivity contribution in [2.75, 3.05) is 13.2 Å². The molecule has 2 N–H and O–H groups in total. The standard InChI is InChI=1S/C10H15NO.ClH/c1-9-3-5-10(6-4-9)12-8-2-7-11;/h3-6H,2,7-8,11H2,1H3;1H. The number of ether oxygens (including phenoxy) is 1. The van der Waals surface area contributed by atoms with Crippen molar-refractivity contribution < 1.29 is 4.74 Å². The highest BCUT2D eigenvalue weighted by molar-refractivity contribution is 5.85. The van der Waals surface area contributed by atoms with Crippen molar-refractivity contribution in [3.05, 3.63) is 29.8 Å². The molecule has 0 saturated heterocycles. The molecule has 0 bridgehead atoms. The number of hydrogen-bond donors (Lipinski definition) is 1. The Morgan fingerprint density at radius 3 is 2.38 bits per heavy atom. The van der Waals surface area contributed by atoms with Gasteiger partial charge < -0.3 is 10.5 Å². The summed E-state index contributed by atoms with van der Waals surface area (Å²) in [5.74, 6) is 0.925. The number of aryl methyl sites for hydroxylation is 1. The normalized spacial score (nSPS) is 9.08. The van der Waals surface area contributed by atoms with Gasteiger partial charge in [-0.1, -0.05) is 17.7 Å². The summed E-state index contributed by atoms with van der Waals surface area (Å²) in [6.45, 7) is 3.45. The molecule has 1 aromatic carbocycles. The Hall–Kier alpha value is -0.730. The van der Waals surface area contributed by atoms with E-state index in [2.05, 4.69) is 6.92 Å². The Morgan fingerprint density at radius 1 is 1.23 bits per heavy atom. The van der Waals surface area contributed by atoms with E-state index in [-0.39, 0.29) is 12.4 Å². The van der Waals surface area contributed by atoms with Gasteiger partial charge in [0, 0.05) is 0 Å². The lowest BCUT2D eigenvalue weighted by Gasteiger charge is -2.04. The predicted molar refractivity (Wildman–Crippen MR) is 57.6 cm³/mol. The van der Waals surface area contributed by atoms with Crippen molar-refractivity contribution in [2.24, 2.45) is 5.73 Å². The predicted octanol–water partition coefficient (Wildman–Crippen LogP) is 2.14. The molecule has 13 heavy (non-hydrogen) atoms. The molecule has 1 rings (SSSR count). The molecule has 2 nitrogen and oxygen atoms in total. The number of rotatable bonds is 4. The summed E-state index contributed by atoms with van der Waals surface area (Å²) in [6, 6.07) is 8.03. The first kappa shape index (κ1) is 12.3. The minimum absolute atomic E-state index is 0. The minimum Gasteiger partial charge on any atom is -0.494 e. The van der Waals surface area contributed by atoms with Crippen LogP contribution in [0.3, 0.4) is 0 Å². The third kappa shape index (κ3) is 4.76. The van der Waals surface area contributed by atoms with Gasteiger partial charge in [0.15, 0.2) is 0 Å². The van der Waals surface area contributed by atoms with Crippen molar-refractivity contribution in [1.29, 1.82) is 0 Å². The second-order valence-corrected chi connectivity index (χ2v) is 2.80. The first-order valence-corrected chi connectivity index (χ1v) is 4.22. The molecule has 0 aliphatic rings. The fourth-order valence-corrected chi connectivity index (χ4v) is 0.908. The van der Waals surface area contributed by atoms with E-state index in [0.29, 0.717) is 13.2 Å². The van der Waals surface area contributed by atoms with Crippen molar-refractivity contribution in [2.45, 2.75) is 13.3 Å². The van der Waals surface area contributed by atoms with Crippen LogP contribution in [0.1, 0.15) is 12.0 Å². The Morgan fingerprint density at radius 2 is 1.85 bits per heavy atom. The Labute approximate surface area is 85.5 Å². The van der Waals surface area contributed by atoms with Gasteiger partial charge in [0.1, 0.15) is 5.75 Å². The van der Waals surface area contributed by atoms with E-state index in [9.17, 15) is 0 Å². The molecule has 0 aliphatic heterocycles. The zero-order chi connectivity index (χ0) is 8.81. The summed E-state index contributed by atoms with van der Waals surface area (Å²) in [5.41, 5.74) is 6.59.